The van der Waals surface area contributed by atoms with Crippen molar-refractivity contribution in [2.75, 3.05) is 5.32 Å². The molecule has 0 saturated carbocycles. The Morgan fingerprint density at radius 1 is 1.19 bits per heavy atom. The quantitative estimate of drug-likeness (QED) is 0.456. The van der Waals surface area contributed by atoms with Gasteiger partial charge >= 0.3 is 5.97 Å². The number of benzene rings is 2. The molecule has 134 valence electrons. The summed E-state index contributed by atoms with van der Waals surface area (Å²) in [5, 5.41) is 13.7. The van der Waals surface area contributed by atoms with Gasteiger partial charge in [0.25, 0.3) is 0 Å². The van der Waals surface area contributed by atoms with Crippen molar-refractivity contribution in [3.05, 3.63) is 70.7 Å². The van der Waals surface area contributed by atoms with Crippen LogP contribution in [0.5, 0.6) is 0 Å². The van der Waals surface area contributed by atoms with E-state index in [1.54, 1.807) is 24.5 Å². The van der Waals surface area contributed by atoms with Crippen LogP contribution in [-0.2, 0) is 0 Å². The van der Waals surface area contributed by atoms with Gasteiger partial charge in [0.2, 0.25) is 5.89 Å². The summed E-state index contributed by atoms with van der Waals surface area (Å²) in [6.07, 6.45) is 4.70. The molecule has 4 aromatic rings. The van der Waals surface area contributed by atoms with Crippen LogP contribution >= 0.6 is 15.9 Å². The van der Waals surface area contributed by atoms with Crippen molar-refractivity contribution >= 4 is 44.2 Å². The normalized spacial score (nSPS) is 10.9. The summed E-state index contributed by atoms with van der Waals surface area (Å²) in [5.41, 5.74) is 3.62. The van der Waals surface area contributed by atoms with Gasteiger partial charge in [0.1, 0.15) is 6.26 Å². The van der Waals surface area contributed by atoms with Gasteiger partial charge in [0, 0.05) is 16.1 Å². The van der Waals surface area contributed by atoms with Gasteiger partial charge in [-0.1, -0.05) is 27.6 Å². The highest BCUT2D eigenvalue weighted by molar-refractivity contribution is 9.10. The zero-order valence-corrected chi connectivity index (χ0v) is 15.8. The monoisotopic (exact) mass is 423 g/mol. The summed E-state index contributed by atoms with van der Waals surface area (Å²) in [4.78, 5) is 20.4. The van der Waals surface area contributed by atoms with Crippen molar-refractivity contribution in [2.45, 2.75) is 6.92 Å². The first-order valence-corrected chi connectivity index (χ1v) is 8.91. The summed E-state index contributed by atoms with van der Waals surface area (Å²) < 4.78 is 6.34. The average Bonchev–Trinajstić information content (AvgIpc) is 3.17. The van der Waals surface area contributed by atoms with Crippen molar-refractivity contribution in [3.8, 4) is 11.5 Å². The average molecular weight is 424 g/mol. The number of carboxylic acid groups (broad SMARTS) is 1. The molecule has 0 aliphatic rings. The number of oxazole rings is 1. The summed E-state index contributed by atoms with van der Waals surface area (Å²) in [6, 6.07) is 11.0. The van der Waals surface area contributed by atoms with Crippen LogP contribution in [-0.4, -0.2) is 21.0 Å². The van der Waals surface area contributed by atoms with Crippen LogP contribution in [0.2, 0.25) is 0 Å². The van der Waals surface area contributed by atoms with E-state index >= 15 is 0 Å². The lowest BCUT2D eigenvalue weighted by Crippen LogP contribution is -2.04. The largest absolute Gasteiger partial charge is 0.478 e. The molecule has 0 atom stereocenters. The SMILES string of the molecule is Cc1ccc(Nc2c(-c3ncco3)cnc3ccc(Br)cc23)c(C(=O)O)c1. The molecule has 0 amide bonds. The molecular weight excluding hydrogens is 410 g/mol. The molecular formula is C20H14BrN3O3. The van der Waals surface area contributed by atoms with Gasteiger partial charge in [-0.25, -0.2) is 9.78 Å². The second kappa shape index (κ2) is 6.85. The molecule has 4 rings (SSSR count). The molecule has 0 fully saturated rings. The zero-order chi connectivity index (χ0) is 19.0. The number of nitrogens with one attached hydrogen (secondary N) is 1. The highest BCUT2D eigenvalue weighted by Gasteiger charge is 2.17. The number of nitrogens with zero attached hydrogens (tertiary/aromatic N) is 2. The minimum Gasteiger partial charge on any atom is -0.478 e. The lowest BCUT2D eigenvalue weighted by atomic mass is 10.1. The second-order valence-electron chi connectivity index (χ2n) is 6.02. The topological polar surface area (TPSA) is 88.3 Å². The standard InChI is InChI=1S/C20H14BrN3O3/c1-11-2-4-17(14(8-11)20(25)26)24-18-13-9-12(21)3-5-16(13)23-10-15(18)19-22-6-7-27-19/h2-10H,1H3,(H,23,24)(H,25,26). The Hall–Kier alpha value is -3.19. The smallest absolute Gasteiger partial charge is 0.337 e. The molecule has 0 aliphatic carbocycles. The molecule has 6 nitrogen and oxygen atoms in total. The van der Waals surface area contributed by atoms with Gasteiger partial charge in [-0.2, -0.15) is 0 Å². The van der Waals surface area contributed by atoms with Crippen LogP contribution in [0.3, 0.4) is 0 Å². The highest BCUT2D eigenvalue weighted by Crippen LogP contribution is 2.37. The first kappa shape index (κ1) is 17.2. The van der Waals surface area contributed by atoms with Gasteiger partial charge in [-0.05, 0) is 37.3 Å². The number of aryl methyl sites for hydroxylation is 1. The molecule has 0 aliphatic heterocycles. The Morgan fingerprint density at radius 3 is 2.78 bits per heavy atom. The van der Waals surface area contributed by atoms with Gasteiger partial charge in [0.05, 0.1) is 34.2 Å². The molecule has 0 spiro atoms. The number of aromatic carboxylic acids is 1. The molecule has 0 saturated heterocycles. The van der Waals surface area contributed by atoms with Gasteiger partial charge < -0.3 is 14.8 Å². The second-order valence-corrected chi connectivity index (χ2v) is 6.94. The first-order valence-electron chi connectivity index (χ1n) is 8.12. The van der Waals surface area contributed by atoms with Crippen LogP contribution in [0.1, 0.15) is 15.9 Å². The van der Waals surface area contributed by atoms with Crippen LogP contribution < -0.4 is 5.32 Å². The summed E-state index contributed by atoms with van der Waals surface area (Å²) >= 11 is 3.48. The number of carboxylic acids is 1. The molecule has 2 aromatic heterocycles. The Morgan fingerprint density at radius 2 is 2.04 bits per heavy atom. The first-order chi connectivity index (χ1) is 13.0. The maximum absolute atomic E-state index is 11.7. The fraction of sp³-hybridized carbons (Fsp3) is 0.0500. The number of fused-ring (bicyclic) bond motifs is 1. The number of rotatable bonds is 4. The van der Waals surface area contributed by atoms with E-state index in [1.165, 1.54) is 6.26 Å². The minimum absolute atomic E-state index is 0.188. The van der Waals surface area contributed by atoms with E-state index in [0.29, 0.717) is 22.8 Å². The number of pyridine rings is 1. The fourth-order valence-electron chi connectivity index (χ4n) is 2.90. The number of hydrogen-bond donors (Lipinski definition) is 2. The third kappa shape index (κ3) is 3.29. The van der Waals surface area contributed by atoms with E-state index in [-0.39, 0.29) is 5.56 Å². The predicted octanol–water partition coefficient (Wildman–Crippen LogP) is 5.40. The van der Waals surface area contributed by atoms with Crippen molar-refractivity contribution in [1.82, 2.24) is 9.97 Å². The van der Waals surface area contributed by atoms with Gasteiger partial charge in [-0.15, -0.1) is 0 Å². The van der Waals surface area contributed by atoms with E-state index in [9.17, 15) is 9.90 Å². The third-order valence-electron chi connectivity index (χ3n) is 4.16. The summed E-state index contributed by atoms with van der Waals surface area (Å²) in [6.45, 7) is 1.85. The molecule has 7 heteroatoms. The minimum atomic E-state index is -1.00. The van der Waals surface area contributed by atoms with E-state index in [2.05, 4.69) is 31.2 Å². The Labute approximate surface area is 163 Å². The molecule has 2 N–H and O–H groups in total. The van der Waals surface area contributed by atoms with E-state index in [0.717, 1.165) is 20.9 Å². The maximum Gasteiger partial charge on any atom is 0.337 e. The number of halogens is 1. The Balaban J connectivity index is 1.96. The number of hydrogen-bond acceptors (Lipinski definition) is 5. The van der Waals surface area contributed by atoms with Crippen LogP contribution in [0.15, 0.2) is 63.9 Å². The van der Waals surface area contributed by atoms with E-state index in [4.69, 9.17) is 4.42 Å². The van der Waals surface area contributed by atoms with Gasteiger partial charge in [0.15, 0.2) is 0 Å². The van der Waals surface area contributed by atoms with Crippen molar-refractivity contribution in [1.29, 1.82) is 0 Å². The summed E-state index contributed by atoms with van der Waals surface area (Å²) in [7, 11) is 0. The molecule has 27 heavy (non-hydrogen) atoms. The zero-order valence-electron chi connectivity index (χ0n) is 14.2. The lowest BCUT2D eigenvalue weighted by molar-refractivity contribution is 0.0698. The maximum atomic E-state index is 11.7. The van der Waals surface area contributed by atoms with Crippen LogP contribution in [0.4, 0.5) is 11.4 Å². The Kier molecular flexibility index (Phi) is 4.37. The lowest BCUT2D eigenvalue weighted by Gasteiger charge is -2.15. The van der Waals surface area contributed by atoms with Crippen molar-refractivity contribution in [2.24, 2.45) is 0 Å². The molecule has 0 radical (unpaired) electrons. The van der Waals surface area contributed by atoms with Crippen molar-refractivity contribution < 1.29 is 14.3 Å². The number of carbonyl (C=O) groups is 1. The number of anilines is 2. The van der Waals surface area contributed by atoms with Crippen LogP contribution in [0, 0.1) is 6.92 Å². The molecule has 0 unspecified atom stereocenters. The molecule has 2 heterocycles. The highest BCUT2D eigenvalue weighted by atomic mass is 79.9. The van der Waals surface area contributed by atoms with E-state index < -0.39 is 5.97 Å². The predicted molar refractivity (Wildman–Crippen MR) is 106 cm³/mol. The fourth-order valence-corrected chi connectivity index (χ4v) is 3.26. The third-order valence-corrected chi connectivity index (χ3v) is 4.65. The summed E-state index contributed by atoms with van der Waals surface area (Å²) in [5.74, 6) is -0.603. The van der Waals surface area contributed by atoms with Gasteiger partial charge in [-0.3, -0.25) is 4.98 Å². The molecule has 2 aromatic carbocycles. The van der Waals surface area contributed by atoms with Crippen LogP contribution in [0.25, 0.3) is 22.4 Å². The number of aromatic nitrogens is 2. The van der Waals surface area contributed by atoms with Crippen molar-refractivity contribution in [3.63, 3.8) is 0 Å². The van der Waals surface area contributed by atoms with E-state index in [1.807, 2.05) is 31.2 Å². The molecule has 0 bridgehead atoms. The Bertz CT molecular complexity index is 1160.